The molecule has 0 saturated heterocycles. The first-order valence-corrected chi connectivity index (χ1v) is 6.14. The monoisotopic (exact) mass is 312 g/mol. The van der Waals surface area contributed by atoms with Gasteiger partial charge in [-0.2, -0.15) is 5.10 Å². The van der Waals surface area contributed by atoms with E-state index in [9.17, 15) is 14.4 Å². The molecule has 1 heterocycles. The fourth-order valence-corrected chi connectivity index (χ4v) is 1.28. The quantitative estimate of drug-likeness (QED) is 0.480. The molecule has 0 saturated carbocycles. The molecule has 0 aromatic carbocycles. The van der Waals surface area contributed by atoms with Crippen LogP contribution in [0.15, 0.2) is 23.5 Å². The first-order valence-electron chi connectivity index (χ1n) is 6.14. The van der Waals surface area contributed by atoms with Crippen LogP contribution in [0.3, 0.4) is 0 Å². The maximum Gasteiger partial charge on any atom is 0.437 e. The highest BCUT2D eigenvalue weighted by atomic mass is 16.6. The van der Waals surface area contributed by atoms with Gasteiger partial charge in [-0.3, -0.25) is 10.1 Å². The molecule has 0 atom stereocenters. The summed E-state index contributed by atoms with van der Waals surface area (Å²) >= 11 is 0. The molecule has 2 amide bonds. The Morgan fingerprint density at radius 2 is 2.09 bits per heavy atom. The highest BCUT2D eigenvalue weighted by Gasteiger charge is 2.25. The molecule has 1 aromatic rings. The van der Waals surface area contributed by atoms with Crippen LogP contribution < -0.4 is 5.32 Å². The van der Waals surface area contributed by atoms with E-state index in [4.69, 9.17) is 14.6 Å². The van der Waals surface area contributed by atoms with Crippen molar-refractivity contribution in [3.8, 4) is 0 Å². The number of nitrogens with zero attached hydrogens (tertiary/aromatic N) is 3. The van der Waals surface area contributed by atoms with Crippen molar-refractivity contribution in [1.29, 1.82) is 0 Å². The Labute approximate surface area is 125 Å². The van der Waals surface area contributed by atoms with E-state index in [-0.39, 0.29) is 12.6 Å². The van der Waals surface area contributed by atoms with Crippen LogP contribution >= 0.6 is 0 Å². The van der Waals surface area contributed by atoms with Gasteiger partial charge in [0.05, 0.1) is 0 Å². The molecule has 1 rings (SSSR count). The Morgan fingerprint density at radius 3 is 2.59 bits per heavy atom. The van der Waals surface area contributed by atoms with Crippen LogP contribution in [0.4, 0.5) is 9.59 Å². The van der Waals surface area contributed by atoms with E-state index in [0.29, 0.717) is 0 Å². The molecule has 0 aliphatic carbocycles. The Hall–Kier alpha value is -2.91. The van der Waals surface area contributed by atoms with Crippen molar-refractivity contribution in [2.75, 3.05) is 6.61 Å². The molecule has 1 aromatic heterocycles. The Morgan fingerprint density at radius 1 is 1.41 bits per heavy atom. The van der Waals surface area contributed by atoms with Gasteiger partial charge in [-0.1, -0.05) is 0 Å². The van der Waals surface area contributed by atoms with Crippen LogP contribution in [0.1, 0.15) is 20.8 Å². The lowest BCUT2D eigenvalue weighted by atomic mass is 10.1. The summed E-state index contributed by atoms with van der Waals surface area (Å²) in [6, 6.07) is 1.52. The highest BCUT2D eigenvalue weighted by Crippen LogP contribution is 2.11. The average molecular weight is 312 g/mol. The lowest BCUT2D eigenvalue weighted by Gasteiger charge is -2.23. The second-order valence-corrected chi connectivity index (χ2v) is 4.72. The maximum absolute atomic E-state index is 11.8. The van der Waals surface area contributed by atoms with E-state index in [1.54, 1.807) is 0 Å². The number of esters is 1. The minimum atomic E-state index is -1.42. The van der Waals surface area contributed by atoms with Crippen molar-refractivity contribution in [3.05, 3.63) is 18.5 Å². The lowest BCUT2D eigenvalue weighted by Crippen LogP contribution is -2.37. The predicted octanol–water partition coefficient (Wildman–Crippen LogP) is 0.833. The second-order valence-electron chi connectivity index (χ2n) is 4.72. The summed E-state index contributed by atoms with van der Waals surface area (Å²) in [7, 11) is 0. The second kappa shape index (κ2) is 7.20. The number of hydrogen-bond acceptors (Lipinski definition) is 6. The topological polar surface area (TPSA) is 132 Å². The minimum Gasteiger partial charge on any atom is -0.465 e. The number of carboxylic acid groups (broad SMARTS) is 1. The highest BCUT2D eigenvalue weighted by molar-refractivity contribution is 5.99. The first-order chi connectivity index (χ1) is 10.2. The third-order valence-electron chi connectivity index (χ3n) is 2.12. The SMILES string of the molecule is CC(=O)OCC(C)(C)OC(=O)N=C(NC(=O)O)n1cccn1. The summed E-state index contributed by atoms with van der Waals surface area (Å²) in [5.74, 6) is -0.858. The molecular weight excluding hydrogens is 296 g/mol. The van der Waals surface area contributed by atoms with Crippen LogP contribution in [0.25, 0.3) is 0 Å². The summed E-state index contributed by atoms with van der Waals surface area (Å²) in [4.78, 5) is 36.7. The van der Waals surface area contributed by atoms with Gasteiger partial charge >= 0.3 is 18.2 Å². The number of aromatic nitrogens is 2. The molecule has 0 aliphatic rings. The molecular formula is C12H16N4O6. The molecule has 0 aliphatic heterocycles. The Balaban J connectivity index is 2.80. The lowest BCUT2D eigenvalue weighted by molar-refractivity contribution is -0.147. The van der Waals surface area contributed by atoms with Crippen molar-refractivity contribution in [3.63, 3.8) is 0 Å². The summed E-state index contributed by atoms with van der Waals surface area (Å²) in [6.07, 6.45) is 0.304. The summed E-state index contributed by atoms with van der Waals surface area (Å²) in [6.45, 7) is 4.10. The molecule has 120 valence electrons. The van der Waals surface area contributed by atoms with Gasteiger partial charge in [-0.15, -0.1) is 4.99 Å². The molecule has 2 N–H and O–H groups in total. The normalized spacial score (nSPS) is 11.7. The Bertz CT molecular complexity index is 578. The van der Waals surface area contributed by atoms with Crippen molar-refractivity contribution < 1.29 is 29.0 Å². The third kappa shape index (κ3) is 6.03. The number of ether oxygens (including phenoxy) is 2. The first kappa shape index (κ1) is 17.1. The zero-order valence-electron chi connectivity index (χ0n) is 12.3. The van der Waals surface area contributed by atoms with Crippen molar-refractivity contribution in [2.24, 2.45) is 4.99 Å². The van der Waals surface area contributed by atoms with Crippen LogP contribution in [0.5, 0.6) is 0 Å². The third-order valence-corrected chi connectivity index (χ3v) is 2.12. The molecule has 0 spiro atoms. The number of amides is 2. The van der Waals surface area contributed by atoms with Gasteiger partial charge < -0.3 is 14.6 Å². The van der Waals surface area contributed by atoms with Crippen molar-refractivity contribution in [1.82, 2.24) is 15.1 Å². The largest absolute Gasteiger partial charge is 0.465 e. The summed E-state index contributed by atoms with van der Waals surface area (Å²) in [5.41, 5.74) is -1.12. The number of aliphatic imine (C=N–C) groups is 1. The number of carbonyl (C=O) groups is 3. The number of nitrogens with one attached hydrogen (secondary N) is 1. The van der Waals surface area contributed by atoms with E-state index in [1.807, 2.05) is 5.32 Å². The molecule has 0 radical (unpaired) electrons. The number of carbonyl (C=O) groups excluding carboxylic acids is 2. The van der Waals surface area contributed by atoms with E-state index in [2.05, 4.69) is 10.1 Å². The Kier molecular flexibility index (Phi) is 5.61. The maximum atomic E-state index is 11.8. The van der Waals surface area contributed by atoms with Gasteiger partial charge in [-0.05, 0) is 19.9 Å². The predicted molar refractivity (Wildman–Crippen MR) is 73.4 cm³/mol. The van der Waals surface area contributed by atoms with E-state index < -0.39 is 23.8 Å². The van der Waals surface area contributed by atoms with Gasteiger partial charge in [0.25, 0.3) is 0 Å². The summed E-state index contributed by atoms with van der Waals surface area (Å²) < 4.78 is 10.8. The smallest absolute Gasteiger partial charge is 0.437 e. The number of rotatable bonds is 3. The molecule has 0 unspecified atom stereocenters. The minimum absolute atomic E-state index is 0.160. The van der Waals surface area contributed by atoms with Gasteiger partial charge in [0, 0.05) is 19.3 Å². The van der Waals surface area contributed by atoms with Crippen molar-refractivity contribution in [2.45, 2.75) is 26.4 Å². The molecule has 22 heavy (non-hydrogen) atoms. The van der Waals surface area contributed by atoms with Gasteiger partial charge in [0.1, 0.15) is 12.2 Å². The molecule has 0 fully saturated rings. The van der Waals surface area contributed by atoms with E-state index >= 15 is 0 Å². The molecule has 0 bridgehead atoms. The fraction of sp³-hybridized carbons (Fsp3) is 0.417. The van der Waals surface area contributed by atoms with Crippen LogP contribution in [0.2, 0.25) is 0 Å². The van der Waals surface area contributed by atoms with Gasteiger partial charge in [-0.25, -0.2) is 14.3 Å². The molecule has 10 heteroatoms. The van der Waals surface area contributed by atoms with Gasteiger partial charge in [0.2, 0.25) is 5.96 Å². The van der Waals surface area contributed by atoms with Crippen LogP contribution in [0, 0.1) is 0 Å². The van der Waals surface area contributed by atoms with Gasteiger partial charge in [0.15, 0.2) is 0 Å². The fourth-order valence-electron chi connectivity index (χ4n) is 1.28. The van der Waals surface area contributed by atoms with E-state index in [0.717, 1.165) is 4.68 Å². The summed E-state index contributed by atoms with van der Waals surface area (Å²) in [5, 5.41) is 14.4. The van der Waals surface area contributed by atoms with E-state index in [1.165, 1.54) is 39.2 Å². The molecule has 10 nitrogen and oxygen atoms in total. The zero-order chi connectivity index (χ0) is 16.8. The zero-order valence-corrected chi connectivity index (χ0v) is 12.3. The van der Waals surface area contributed by atoms with Crippen LogP contribution in [-0.4, -0.2) is 51.2 Å². The average Bonchev–Trinajstić information content (AvgIpc) is 2.88. The number of hydrogen-bond donors (Lipinski definition) is 2. The van der Waals surface area contributed by atoms with Crippen LogP contribution in [-0.2, 0) is 14.3 Å². The standard InChI is InChI=1S/C12H16N4O6/c1-8(17)21-7-12(2,3)22-11(20)15-9(14-10(18)19)16-6-4-5-13-16/h4-6H,7H2,1-3H3,(H,18,19)(H,14,15,20). The van der Waals surface area contributed by atoms with Crippen molar-refractivity contribution >= 4 is 24.1 Å².